The van der Waals surface area contributed by atoms with E-state index in [1.165, 1.54) is 0 Å². The molecule has 1 atom stereocenters. The van der Waals surface area contributed by atoms with Gasteiger partial charge in [0, 0.05) is 19.1 Å². The van der Waals surface area contributed by atoms with Crippen LogP contribution in [0.15, 0.2) is 4.47 Å². The van der Waals surface area contributed by atoms with Crippen LogP contribution in [0.2, 0.25) is 0 Å². The van der Waals surface area contributed by atoms with E-state index in [-0.39, 0.29) is 11.9 Å². The van der Waals surface area contributed by atoms with E-state index in [9.17, 15) is 4.79 Å². The summed E-state index contributed by atoms with van der Waals surface area (Å²) in [6.45, 7) is 5.81. The summed E-state index contributed by atoms with van der Waals surface area (Å²) in [5.74, 6) is 0.336. The van der Waals surface area contributed by atoms with Gasteiger partial charge < -0.3 is 10.2 Å². The molecule has 1 aromatic rings. The molecule has 0 unspecified atom stereocenters. The number of likely N-dealkylation sites (tertiary alicyclic amines) is 1. The Hall–Kier alpha value is -0.880. The molecule has 1 aromatic heterocycles. The second-order valence-electron chi connectivity index (χ2n) is 5.31. The van der Waals surface area contributed by atoms with Gasteiger partial charge in [-0.1, -0.05) is 13.8 Å². The van der Waals surface area contributed by atoms with Crippen molar-refractivity contribution in [3.63, 3.8) is 0 Å². The third kappa shape index (κ3) is 2.84. The Labute approximate surface area is 122 Å². The summed E-state index contributed by atoms with van der Waals surface area (Å²) in [4.78, 5) is 14.5. The summed E-state index contributed by atoms with van der Waals surface area (Å²) in [7, 11) is 1.92. The van der Waals surface area contributed by atoms with E-state index in [1.54, 1.807) is 0 Å². The van der Waals surface area contributed by atoms with Crippen molar-refractivity contribution < 1.29 is 4.79 Å². The van der Waals surface area contributed by atoms with Crippen LogP contribution in [0.4, 0.5) is 0 Å². The molecule has 2 heterocycles. The first-order chi connectivity index (χ1) is 9.06. The van der Waals surface area contributed by atoms with E-state index in [2.05, 4.69) is 45.3 Å². The molecule has 1 saturated heterocycles. The molecule has 1 amide bonds. The van der Waals surface area contributed by atoms with Crippen LogP contribution in [0.5, 0.6) is 0 Å². The highest BCUT2D eigenvalue weighted by Crippen LogP contribution is 2.28. The molecule has 0 bridgehead atoms. The maximum Gasteiger partial charge on any atom is 0.275 e. The lowest BCUT2D eigenvalue weighted by Gasteiger charge is -2.23. The van der Waals surface area contributed by atoms with Gasteiger partial charge in [-0.15, -0.1) is 0 Å². The molecule has 1 aliphatic rings. The van der Waals surface area contributed by atoms with E-state index < -0.39 is 0 Å². The number of nitrogens with zero attached hydrogens (tertiary/aromatic N) is 2. The van der Waals surface area contributed by atoms with Crippen molar-refractivity contribution in [2.24, 2.45) is 0 Å². The highest BCUT2D eigenvalue weighted by atomic mass is 79.9. The van der Waals surface area contributed by atoms with Gasteiger partial charge in [-0.05, 0) is 41.7 Å². The van der Waals surface area contributed by atoms with Crippen LogP contribution >= 0.6 is 15.9 Å². The fraction of sp³-hybridized carbons (Fsp3) is 0.692. The van der Waals surface area contributed by atoms with Crippen molar-refractivity contribution in [2.75, 3.05) is 20.1 Å². The number of amides is 1. The van der Waals surface area contributed by atoms with Crippen molar-refractivity contribution in [3.8, 4) is 0 Å². The van der Waals surface area contributed by atoms with Crippen molar-refractivity contribution in [2.45, 2.75) is 38.6 Å². The molecule has 1 aliphatic heterocycles. The fourth-order valence-electron chi connectivity index (χ4n) is 2.55. The van der Waals surface area contributed by atoms with Gasteiger partial charge >= 0.3 is 0 Å². The number of rotatable bonds is 4. The van der Waals surface area contributed by atoms with Gasteiger partial charge in [-0.3, -0.25) is 9.89 Å². The van der Waals surface area contributed by atoms with Crippen LogP contribution in [0.25, 0.3) is 0 Å². The second-order valence-corrected chi connectivity index (χ2v) is 6.10. The zero-order chi connectivity index (χ0) is 14.0. The molecule has 2 N–H and O–H groups in total. The Bertz CT molecular complexity index is 457. The Morgan fingerprint density at radius 3 is 2.95 bits per heavy atom. The molecule has 6 heteroatoms. The van der Waals surface area contributed by atoms with E-state index in [1.807, 2.05) is 11.9 Å². The monoisotopic (exact) mass is 328 g/mol. The van der Waals surface area contributed by atoms with Gasteiger partial charge in [-0.25, -0.2) is 0 Å². The molecule has 19 heavy (non-hydrogen) atoms. The average molecular weight is 329 g/mol. The molecule has 1 fully saturated rings. The van der Waals surface area contributed by atoms with Crippen LogP contribution in [-0.2, 0) is 0 Å². The summed E-state index contributed by atoms with van der Waals surface area (Å²) in [5.41, 5.74) is 1.49. The van der Waals surface area contributed by atoms with Gasteiger partial charge in [-0.2, -0.15) is 5.10 Å². The molecular formula is C13H21BrN4O. The van der Waals surface area contributed by atoms with Crippen molar-refractivity contribution in [1.29, 1.82) is 0 Å². The number of carbonyl (C=O) groups excluding carboxylic acids is 1. The Morgan fingerprint density at radius 2 is 2.37 bits per heavy atom. The normalized spacial score (nSPS) is 19.4. The molecule has 0 spiro atoms. The number of hydrogen-bond donors (Lipinski definition) is 2. The Kier molecular flexibility index (Phi) is 4.62. The number of aromatic amines is 1. The maximum absolute atomic E-state index is 12.6. The molecule has 0 radical (unpaired) electrons. The van der Waals surface area contributed by atoms with Crippen LogP contribution in [0.3, 0.4) is 0 Å². The smallest absolute Gasteiger partial charge is 0.275 e. The topological polar surface area (TPSA) is 61.0 Å². The predicted molar refractivity (Wildman–Crippen MR) is 78.4 cm³/mol. The number of hydrogen-bond acceptors (Lipinski definition) is 3. The first-order valence-electron chi connectivity index (χ1n) is 6.75. The third-order valence-electron chi connectivity index (χ3n) is 3.59. The average Bonchev–Trinajstić information content (AvgIpc) is 2.95. The molecule has 0 aromatic carbocycles. The molecule has 5 nitrogen and oxygen atoms in total. The van der Waals surface area contributed by atoms with Crippen LogP contribution in [-0.4, -0.2) is 47.2 Å². The minimum absolute atomic E-state index is 0.0211. The number of aromatic nitrogens is 2. The SMILES string of the molecule is CNC[C@H]1CCCN1C(=O)c1n[nH]c(C(C)C)c1Br. The number of carbonyl (C=O) groups is 1. The first kappa shape index (κ1) is 14.5. The van der Waals surface area contributed by atoms with Crippen molar-refractivity contribution in [3.05, 3.63) is 15.9 Å². The van der Waals surface area contributed by atoms with E-state index in [0.29, 0.717) is 11.6 Å². The maximum atomic E-state index is 12.6. The standard InChI is InChI=1S/C13H21BrN4O/c1-8(2)11-10(14)12(17-16-11)13(19)18-6-4-5-9(18)7-15-3/h8-9,15H,4-7H2,1-3H3,(H,16,17)/t9-/m1/s1. The predicted octanol–water partition coefficient (Wildman–Crippen LogP) is 2.12. The van der Waals surface area contributed by atoms with E-state index in [0.717, 1.165) is 36.1 Å². The molecule has 2 rings (SSSR count). The Morgan fingerprint density at radius 1 is 1.63 bits per heavy atom. The molecule has 0 saturated carbocycles. The molecule has 0 aliphatic carbocycles. The minimum atomic E-state index is 0.0211. The zero-order valence-corrected chi connectivity index (χ0v) is 13.2. The summed E-state index contributed by atoms with van der Waals surface area (Å²) >= 11 is 3.50. The lowest BCUT2D eigenvalue weighted by molar-refractivity contribution is 0.0730. The lowest BCUT2D eigenvalue weighted by atomic mass is 10.1. The molecule has 106 valence electrons. The number of likely N-dealkylation sites (N-methyl/N-ethyl adjacent to an activating group) is 1. The van der Waals surface area contributed by atoms with Gasteiger partial charge in [0.1, 0.15) is 0 Å². The quantitative estimate of drug-likeness (QED) is 0.889. The van der Waals surface area contributed by atoms with Gasteiger partial charge in [0.05, 0.1) is 10.2 Å². The minimum Gasteiger partial charge on any atom is -0.333 e. The van der Waals surface area contributed by atoms with Crippen molar-refractivity contribution >= 4 is 21.8 Å². The summed E-state index contributed by atoms with van der Waals surface area (Å²) < 4.78 is 0.808. The van der Waals surface area contributed by atoms with Gasteiger partial charge in [0.15, 0.2) is 5.69 Å². The first-order valence-corrected chi connectivity index (χ1v) is 7.54. The number of halogens is 1. The number of nitrogens with one attached hydrogen (secondary N) is 2. The second kappa shape index (κ2) is 6.05. The summed E-state index contributed by atoms with van der Waals surface area (Å²) in [5, 5.41) is 10.3. The zero-order valence-electron chi connectivity index (χ0n) is 11.7. The largest absolute Gasteiger partial charge is 0.333 e. The fourth-order valence-corrected chi connectivity index (χ4v) is 3.36. The van der Waals surface area contributed by atoms with E-state index >= 15 is 0 Å². The third-order valence-corrected chi connectivity index (χ3v) is 4.39. The number of H-pyrrole nitrogens is 1. The van der Waals surface area contributed by atoms with Crippen molar-refractivity contribution in [1.82, 2.24) is 20.4 Å². The summed E-state index contributed by atoms with van der Waals surface area (Å²) in [6, 6.07) is 0.281. The van der Waals surface area contributed by atoms with E-state index in [4.69, 9.17) is 0 Å². The molecular weight excluding hydrogens is 308 g/mol. The highest BCUT2D eigenvalue weighted by molar-refractivity contribution is 9.10. The summed E-state index contributed by atoms with van der Waals surface area (Å²) in [6.07, 6.45) is 2.13. The van der Waals surface area contributed by atoms with Gasteiger partial charge in [0.25, 0.3) is 5.91 Å². The van der Waals surface area contributed by atoms with Gasteiger partial charge in [0.2, 0.25) is 0 Å². The van der Waals surface area contributed by atoms with Crippen LogP contribution in [0.1, 0.15) is 48.8 Å². The Balaban J connectivity index is 2.19. The lowest BCUT2D eigenvalue weighted by Crippen LogP contribution is -2.41. The van der Waals surface area contributed by atoms with Crippen LogP contribution in [0, 0.1) is 0 Å². The van der Waals surface area contributed by atoms with Crippen LogP contribution < -0.4 is 5.32 Å². The highest BCUT2D eigenvalue weighted by Gasteiger charge is 2.32.